The van der Waals surface area contributed by atoms with Gasteiger partial charge in [0.25, 0.3) is 0 Å². The van der Waals surface area contributed by atoms with E-state index in [1.165, 1.54) is 0 Å². The van der Waals surface area contributed by atoms with Crippen LogP contribution in [0.1, 0.15) is 11.7 Å². The van der Waals surface area contributed by atoms with Gasteiger partial charge in [-0.1, -0.05) is 0 Å². The summed E-state index contributed by atoms with van der Waals surface area (Å²) in [6.45, 7) is 1.34. The Morgan fingerprint density at radius 3 is 2.95 bits per heavy atom. The lowest BCUT2D eigenvalue weighted by Gasteiger charge is -2.11. The number of benzene rings is 1. The van der Waals surface area contributed by atoms with Crippen LogP contribution in [0.25, 0.3) is 11.1 Å². The molecule has 1 aromatic carbocycles. The quantitative estimate of drug-likeness (QED) is 0.728. The van der Waals surface area contributed by atoms with Crippen molar-refractivity contribution in [1.29, 1.82) is 0 Å². The Morgan fingerprint density at radius 2 is 2.16 bits per heavy atom. The van der Waals surface area contributed by atoms with Gasteiger partial charge in [0, 0.05) is 11.8 Å². The second-order valence-corrected chi connectivity index (χ2v) is 4.59. The Kier molecular flexibility index (Phi) is 2.97. The Bertz CT molecular complexity index is 673. The van der Waals surface area contributed by atoms with E-state index in [4.69, 9.17) is 14.6 Å². The molecule has 2 aromatic heterocycles. The molecule has 0 bridgehead atoms. The topological polar surface area (TPSA) is 68.4 Å². The summed E-state index contributed by atoms with van der Waals surface area (Å²) in [5, 5.41) is 0. The molecule has 2 heterocycles. The first-order valence-electron chi connectivity index (χ1n) is 6.06. The number of anilines is 1. The molecule has 0 saturated carbocycles. The van der Waals surface area contributed by atoms with Gasteiger partial charge in [0.05, 0.1) is 19.4 Å². The van der Waals surface area contributed by atoms with E-state index in [1.54, 1.807) is 12.3 Å². The fourth-order valence-electron chi connectivity index (χ4n) is 2.01. The second kappa shape index (κ2) is 4.78. The number of hydrogen-bond donors (Lipinski definition) is 1. The molecule has 3 rings (SSSR count). The van der Waals surface area contributed by atoms with E-state index in [-0.39, 0.29) is 0 Å². The summed E-state index contributed by atoms with van der Waals surface area (Å²) in [5.41, 5.74) is 7.95. The average molecular weight is 257 g/mol. The largest absolute Gasteiger partial charge is 0.468 e. The summed E-state index contributed by atoms with van der Waals surface area (Å²) in [4.78, 5) is 6.50. The molecule has 0 aliphatic carbocycles. The predicted octanol–water partition coefficient (Wildman–Crippen LogP) is 2.63. The van der Waals surface area contributed by atoms with Gasteiger partial charge in [-0.25, -0.2) is 4.98 Å². The van der Waals surface area contributed by atoms with E-state index in [9.17, 15) is 0 Å². The number of nitrogens with two attached hydrogens (primary N) is 1. The van der Waals surface area contributed by atoms with E-state index < -0.39 is 0 Å². The summed E-state index contributed by atoms with van der Waals surface area (Å²) in [6, 6.07) is 9.30. The molecule has 0 amide bonds. The van der Waals surface area contributed by atoms with Crippen LogP contribution >= 0.6 is 0 Å². The van der Waals surface area contributed by atoms with Crippen LogP contribution in [0.3, 0.4) is 0 Å². The van der Waals surface area contributed by atoms with Gasteiger partial charge in [0.1, 0.15) is 11.3 Å². The van der Waals surface area contributed by atoms with Gasteiger partial charge < -0.3 is 14.6 Å². The van der Waals surface area contributed by atoms with E-state index >= 15 is 0 Å². The highest BCUT2D eigenvalue weighted by molar-refractivity contribution is 5.76. The van der Waals surface area contributed by atoms with Crippen molar-refractivity contribution >= 4 is 16.8 Å². The van der Waals surface area contributed by atoms with Gasteiger partial charge in [-0.3, -0.25) is 4.90 Å². The van der Waals surface area contributed by atoms with Crippen LogP contribution in [0.15, 0.2) is 45.4 Å². The zero-order chi connectivity index (χ0) is 13.2. The molecule has 0 radical (unpaired) electrons. The molecule has 5 nitrogen and oxygen atoms in total. The molecule has 0 spiro atoms. The molecule has 0 atom stereocenters. The number of aromatic nitrogens is 1. The highest BCUT2D eigenvalue weighted by Gasteiger charge is 2.10. The van der Waals surface area contributed by atoms with Crippen LogP contribution in [0.2, 0.25) is 0 Å². The van der Waals surface area contributed by atoms with Crippen molar-refractivity contribution in [3.05, 3.63) is 48.2 Å². The van der Waals surface area contributed by atoms with Crippen molar-refractivity contribution in [2.24, 2.45) is 0 Å². The van der Waals surface area contributed by atoms with Crippen LogP contribution in [0.4, 0.5) is 5.69 Å². The minimum Gasteiger partial charge on any atom is -0.468 e. The number of furan rings is 1. The lowest BCUT2D eigenvalue weighted by molar-refractivity contribution is 0.262. The number of oxazole rings is 1. The summed E-state index contributed by atoms with van der Waals surface area (Å²) >= 11 is 0. The Morgan fingerprint density at radius 1 is 1.26 bits per heavy atom. The molecule has 0 aliphatic heterocycles. The van der Waals surface area contributed by atoms with Gasteiger partial charge >= 0.3 is 0 Å². The first-order chi connectivity index (χ1) is 9.20. The highest BCUT2D eigenvalue weighted by Crippen LogP contribution is 2.19. The molecule has 19 heavy (non-hydrogen) atoms. The maximum Gasteiger partial charge on any atom is 0.209 e. The molecule has 98 valence electrons. The van der Waals surface area contributed by atoms with Crippen LogP contribution in [-0.2, 0) is 13.1 Å². The molecule has 0 aliphatic rings. The Balaban J connectivity index is 1.74. The van der Waals surface area contributed by atoms with Crippen LogP contribution < -0.4 is 5.73 Å². The number of rotatable bonds is 4. The molecular formula is C14H15N3O2. The summed E-state index contributed by atoms with van der Waals surface area (Å²) < 4.78 is 11.0. The van der Waals surface area contributed by atoms with Crippen molar-refractivity contribution in [2.45, 2.75) is 13.1 Å². The SMILES string of the molecule is CN(Cc1ccco1)Cc1nc2ccc(N)cc2o1. The lowest BCUT2D eigenvalue weighted by Crippen LogP contribution is -2.16. The molecular weight excluding hydrogens is 242 g/mol. The first kappa shape index (κ1) is 11.8. The van der Waals surface area contributed by atoms with Crippen molar-refractivity contribution in [2.75, 3.05) is 12.8 Å². The maximum atomic E-state index is 5.71. The van der Waals surface area contributed by atoms with Gasteiger partial charge in [0.15, 0.2) is 5.58 Å². The normalized spacial score (nSPS) is 11.5. The lowest BCUT2D eigenvalue weighted by atomic mass is 10.3. The average Bonchev–Trinajstić information content (AvgIpc) is 2.97. The second-order valence-electron chi connectivity index (χ2n) is 4.59. The maximum absolute atomic E-state index is 5.71. The van der Waals surface area contributed by atoms with Gasteiger partial charge in [-0.2, -0.15) is 0 Å². The molecule has 0 fully saturated rings. The monoisotopic (exact) mass is 257 g/mol. The molecule has 0 unspecified atom stereocenters. The predicted molar refractivity (Wildman–Crippen MR) is 72.3 cm³/mol. The zero-order valence-corrected chi connectivity index (χ0v) is 10.7. The third-order valence-electron chi connectivity index (χ3n) is 2.87. The highest BCUT2D eigenvalue weighted by atomic mass is 16.3. The first-order valence-corrected chi connectivity index (χ1v) is 6.06. The fraction of sp³-hybridized carbons (Fsp3) is 0.214. The van der Waals surface area contributed by atoms with E-state index in [0.29, 0.717) is 24.7 Å². The van der Waals surface area contributed by atoms with Crippen LogP contribution in [0, 0.1) is 0 Å². The van der Waals surface area contributed by atoms with Crippen molar-refractivity contribution in [3.63, 3.8) is 0 Å². The summed E-state index contributed by atoms with van der Waals surface area (Å²) in [5.74, 6) is 1.59. The van der Waals surface area contributed by atoms with E-state index in [0.717, 1.165) is 16.9 Å². The van der Waals surface area contributed by atoms with Crippen molar-refractivity contribution < 1.29 is 8.83 Å². The number of nitrogen functional groups attached to an aromatic ring is 1. The standard InChI is InChI=1S/C14H15N3O2/c1-17(8-11-3-2-6-18-11)9-14-16-12-5-4-10(15)7-13(12)19-14/h2-7H,8-9,15H2,1H3. The number of fused-ring (bicyclic) bond motifs is 1. The minimum atomic E-state index is 0.620. The third kappa shape index (κ3) is 2.61. The third-order valence-corrected chi connectivity index (χ3v) is 2.87. The fourth-order valence-corrected chi connectivity index (χ4v) is 2.01. The summed E-state index contributed by atoms with van der Waals surface area (Å²) in [6.07, 6.45) is 1.67. The zero-order valence-electron chi connectivity index (χ0n) is 10.7. The Hall–Kier alpha value is -2.27. The van der Waals surface area contributed by atoms with Gasteiger partial charge in [-0.15, -0.1) is 0 Å². The molecule has 5 heteroatoms. The summed E-state index contributed by atoms with van der Waals surface area (Å²) in [7, 11) is 1.99. The van der Waals surface area contributed by atoms with Crippen LogP contribution in [-0.4, -0.2) is 16.9 Å². The number of hydrogen-bond acceptors (Lipinski definition) is 5. The Labute approximate surface area is 110 Å². The van der Waals surface area contributed by atoms with Crippen LogP contribution in [0.5, 0.6) is 0 Å². The van der Waals surface area contributed by atoms with Gasteiger partial charge in [0.2, 0.25) is 5.89 Å². The number of nitrogens with zero attached hydrogens (tertiary/aromatic N) is 2. The van der Waals surface area contributed by atoms with Crippen molar-refractivity contribution in [3.8, 4) is 0 Å². The molecule has 2 N–H and O–H groups in total. The van der Waals surface area contributed by atoms with E-state index in [2.05, 4.69) is 9.88 Å². The van der Waals surface area contributed by atoms with E-state index in [1.807, 2.05) is 31.3 Å². The van der Waals surface area contributed by atoms with Crippen molar-refractivity contribution in [1.82, 2.24) is 9.88 Å². The molecule has 3 aromatic rings. The molecule has 0 saturated heterocycles. The minimum absolute atomic E-state index is 0.620. The smallest absolute Gasteiger partial charge is 0.209 e. The van der Waals surface area contributed by atoms with Gasteiger partial charge in [-0.05, 0) is 31.3 Å².